The molecule has 0 aliphatic heterocycles. The Hall–Kier alpha value is -2.75. The minimum absolute atomic E-state index is 0.0680. The first-order chi connectivity index (χ1) is 14.9. The number of aromatic amines is 1. The van der Waals surface area contributed by atoms with Crippen molar-refractivity contribution in [2.24, 2.45) is 0 Å². The summed E-state index contributed by atoms with van der Waals surface area (Å²) >= 11 is 4.73. The lowest BCUT2D eigenvalue weighted by atomic mass is 10.0. The maximum atomic E-state index is 11.9. The number of ether oxygens (including phenoxy) is 1. The summed E-state index contributed by atoms with van der Waals surface area (Å²) < 4.78 is 7.26. The van der Waals surface area contributed by atoms with E-state index in [1.165, 1.54) is 0 Å². The summed E-state index contributed by atoms with van der Waals surface area (Å²) in [6, 6.07) is 4.12. The first-order valence-electron chi connectivity index (χ1n) is 10.8. The van der Waals surface area contributed by atoms with Crippen molar-refractivity contribution in [1.29, 1.82) is 0 Å². The number of carbonyl (C=O) groups is 1. The number of hydrogen-bond acceptors (Lipinski definition) is 7. The third-order valence-electron chi connectivity index (χ3n) is 5.94. The molecule has 3 aromatic heterocycles. The number of H-pyrrole nitrogens is 1. The number of rotatable bonds is 6. The molecule has 2 atom stereocenters. The van der Waals surface area contributed by atoms with Crippen molar-refractivity contribution in [3.8, 4) is 0 Å². The van der Waals surface area contributed by atoms with Gasteiger partial charge in [0.2, 0.25) is 0 Å². The number of hydrogen-bond donors (Lipinski definition) is 4. The van der Waals surface area contributed by atoms with Crippen molar-refractivity contribution in [3.63, 3.8) is 0 Å². The topological polar surface area (TPSA) is 109 Å². The summed E-state index contributed by atoms with van der Waals surface area (Å²) in [7, 11) is 0. The Morgan fingerprint density at radius 2 is 2.19 bits per heavy atom. The van der Waals surface area contributed by atoms with E-state index in [9.17, 15) is 4.79 Å². The standard InChI is InChI=1S/C21H27N7O2S/c1-12(2)23-20(29)30-14-4-3-13(9-14)15-10-18(26-25-15)24-19-16-11-17(21(31)5-6-21)27-28(16)8-7-22-19/h7-8,10-14,31H,3-6,9H2,1-2H3,(H,23,29)(H2,22,24,25,26)/t13-,14+/m0/s1. The second kappa shape index (κ2) is 7.74. The average Bonchev–Trinajstić information content (AvgIpc) is 3.14. The SMILES string of the molecule is CC(C)NC(=O)O[C@@H]1CC[C@H](c2cc(Nc3nccn4nc(C5(S)CC5)cc34)n[nH]2)C1. The number of carbonyl (C=O) groups excluding carboxylic acids is 1. The van der Waals surface area contributed by atoms with Crippen LogP contribution in [0.2, 0.25) is 0 Å². The Kier molecular flexibility index (Phi) is 5.04. The van der Waals surface area contributed by atoms with Crippen molar-refractivity contribution in [2.75, 3.05) is 5.32 Å². The highest BCUT2D eigenvalue weighted by molar-refractivity contribution is 7.81. The molecule has 0 unspecified atom stereocenters. The predicted octanol–water partition coefficient (Wildman–Crippen LogP) is 3.89. The van der Waals surface area contributed by atoms with Crippen LogP contribution in [0.4, 0.5) is 16.4 Å². The average molecular weight is 442 g/mol. The summed E-state index contributed by atoms with van der Waals surface area (Å²) in [5.41, 5.74) is 2.91. The maximum absolute atomic E-state index is 11.9. The zero-order valence-electron chi connectivity index (χ0n) is 17.6. The number of thiol groups is 1. The molecule has 3 N–H and O–H groups in total. The molecule has 31 heavy (non-hydrogen) atoms. The zero-order chi connectivity index (χ0) is 21.6. The molecule has 9 nitrogen and oxygen atoms in total. The first kappa shape index (κ1) is 20.2. The van der Waals surface area contributed by atoms with Crippen LogP contribution in [-0.4, -0.2) is 43.0 Å². The van der Waals surface area contributed by atoms with E-state index in [-0.39, 0.29) is 28.9 Å². The molecule has 0 aromatic carbocycles. The van der Waals surface area contributed by atoms with Gasteiger partial charge in [-0.3, -0.25) is 5.10 Å². The van der Waals surface area contributed by atoms with Gasteiger partial charge in [-0.25, -0.2) is 14.3 Å². The van der Waals surface area contributed by atoms with E-state index in [1.54, 1.807) is 6.20 Å². The monoisotopic (exact) mass is 441 g/mol. The number of alkyl carbamates (subject to hydrolysis) is 1. The van der Waals surface area contributed by atoms with Crippen molar-refractivity contribution in [1.82, 2.24) is 30.1 Å². The van der Waals surface area contributed by atoms with E-state index in [2.05, 4.69) is 30.9 Å². The quantitative estimate of drug-likeness (QED) is 0.432. The molecule has 3 aromatic rings. The third kappa shape index (κ3) is 4.21. The number of aromatic nitrogens is 5. The highest BCUT2D eigenvalue weighted by Gasteiger charge is 2.43. The van der Waals surface area contributed by atoms with Gasteiger partial charge in [-0.1, -0.05) is 0 Å². The molecule has 0 radical (unpaired) electrons. The van der Waals surface area contributed by atoms with E-state index < -0.39 is 0 Å². The van der Waals surface area contributed by atoms with Gasteiger partial charge in [0.05, 0.1) is 10.4 Å². The molecule has 2 saturated carbocycles. The van der Waals surface area contributed by atoms with Crippen LogP contribution in [0.1, 0.15) is 63.3 Å². The van der Waals surface area contributed by atoms with Gasteiger partial charge in [0.15, 0.2) is 11.6 Å². The summed E-state index contributed by atoms with van der Waals surface area (Å²) in [5, 5.41) is 18.3. The lowest BCUT2D eigenvalue weighted by Gasteiger charge is -2.14. The van der Waals surface area contributed by atoms with Gasteiger partial charge in [0.25, 0.3) is 0 Å². The van der Waals surface area contributed by atoms with E-state index in [1.807, 2.05) is 36.7 Å². The molecule has 2 aliphatic carbocycles. The Labute approximate surface area is 185 Å². The minimum Gasteiger partial charge on any atom is -0.446 e. The van der Waals surface area contributed by atoms with Gasteiger partial charge in [-0.2, -0.15) is 22.8 Å². The van der Waals surface area contributed by atoms with Gasteiger partial charge < -0.3 is 15.4 Å². The summed E-state index contributed by atoms with van der Waals surface area (Å²) in [6.45, 7) is 3.83. The smallest absolute Gasteiger partial charge is 0.407 e. The fourth-order valence-corrected chi connectivity index (χ4v) is 4.32. The molecule has 3 heterocycles. The predicted molar refractivity (Wildman–Crippen MR) is 120 cm³/mol. The Morgan fingerprint density at radius 1 is 1.35 bits per heavy atom. The van der Waals surface area contributed by atoms with Gasteiger partial charge in [0, 0.05) is 36.1 Å². The normalized spacial score (nSPS) is 22.1. The second-order valence-corrected chi connectivity index (χ2v) is 9.69. The van der Waals surface area contributed by atoms with Crippen molar-refractivity contribution < 1.29 is 9.53 Å². The number of amides is 1. The lowest BCUT2D eigenvalue weighted by molar-refractivity contribution is 0.0981. The molecule has 1 amide bonds. The summed E-state index contributed by atoms with van der Waals surface area (Å²) in [6.07, 6.45) is 7.83. The molecule has 0 spiro atoms. The first-order valence-corrected chi connectivity index (χ1v) is 11.2. The van der Waals surface area contributed by atoms with Crippen LogP contribution in [0.5, 0.6) is 0 Å². The molecule has 0 saturated heterocycles. The van der Waals surface area contributed by atoms with Crippen molar-refractivity contribution in [3.05, 3.63) is 35.9 Å². The van der Waals surface area contributed by atoms with Gasteiger partial charge in [-0.15, -0.1) is 0 Å². The molecule has 2 aliphatic rings. The number of anilines is 2. The van der Waals surface area contributed by atoms with Gasteiger partial charge in [-0.05, 0) is 52.0 Å². The number of fused-ring (bicyclic) bond motifs is 1. The van der Waals surface area contributed by atoms with E-state index in [4.69, 9.17) is 17.4 Å². The van der Waals surface area contributed by atoms with Crippen molar-refractivity contribution >= 4 is 35.9 Å². The second-order valence-electron chi connectivity index (χ2n) is 8.84. The van der Waals surface area contributed by atoms with Crippen LogP contribution >= 0.6 is 12.6 Å². The molecule has 5 rings (SSSR count). The number of nitrogens with zero attached hydrogens (tertiary/aromatic N) is 4. The van der Waals surface area contributed by atoms with Crippen molar-refractivity contribution in [2.45, 2.75) is 68.8 Å². The molecule has 164 valence electrons. The van der Waals surface area contributed by atoms with E-state index in [0.717, 1.165) is 49.0 Å². The van der Waals surface area contributed by atoms with Crippen LogP contribution in [0, 0.1) is 0 Å². The Morgan fingerprint density at radius 3 is 2.97 bits per heavy atom. The largest absolute Gasteiger partial charge is 0.446 e. The Balaban J connectivity index is 1.26. The zero-order valence-corrected chi connectivity index (χ0v) is 18.5. The van der Waals surface area contributed by atoms with Crippen LogP contribution < -0.4 is 10.6 Å². The molecule has 0 bridgehead atoms. The third-order valence-corrected chi connectivity index (χ3v) is 6.62. The molecule has 2 fully saturated rings. The molecule has 10 heteroatoms. The summed E-state index contributed by atoms with van der Waals surface area (Å²) in [5.74, 6) is 1.69. The summed E-state index contributed by atoms with van der Waals surface area (Å²) in [4.78, 5) is 16.3. The Bertz CT molecular complexity index is 1100. The van der Waals surface area contributed by atoms with Crippen LogP contribution in [-0.2, 0) is 9.48 Å². The lowest BCUT2D eigenvalue weighted by Crippen LogP contribution is -2.33. The van der Waals surface area contributed by atoms with Crippen LogP contribution in [0.15, 0.2) is 24.5 Å². The van der Waals surface area contributed by atoms with Gasteiger partial charge in [0.1, 0.15) is 11.6 Å². The highest BCUT2D eigenvalue weighted by Crippen LogP contribution is 2.51. The molecular weight excluding hydrogens is 414 g/mol. The fourth-order valence-electron chi connectivity index (χ4n) is 4.10. The fraction of sp³-hybridized carbons (Fsp3) is 0.524. The van der Waals surface area contributed by atoms with Crippen LogP contribution in [0.3, 0.4) is 0 Å². The number of nitrogens with one attached hydrogen (secondary N) is 3. The maximum Gasteiger partial charge on any atom is 0.407 e. The van der Waals surface area contributed by atoms with E-state index >= 15 is 0 Å². The highest BCUT2D eigenvalue weighted by atomic mass is 32.1. The molecular formula is C21H27N7O2S. The van der Waals surface area contributed by atoms with E-state index in [0.29, 0.717) is 11.6 Å². The van der Waals surface area contributed by atoms with Gasteiger partial charge >= 0.3 is 6.09 Å². The minimum atomic E-state index is -0.346. The van der Waals surface area contributed by atoms with Crippen LogP contribution in [0.25, 0.3) is 5.52 Å².